The molecule has 1 heterocycles. The van der Waals surface area contributed by atoms with Crippen molar-refractivity contribution in [1.82, 2.24) is 4.31 Å². The van der Waals surface area contributed by atoms with Crippen molar-refractivity contribution in [2.45, 2.75) is 11.8 Å². The fourth-order valence-corrected chi connectivity index (χ4v) is 4.21. The molecule has 0 aliphatic carbocycles. The Kier molecular flexibility index (Phi) is 6.02. The highest BCUT2D eigenvalue weighted by molar-refractivity contribution is 7.89. The second-order valence-corrected chi connectivity index (χ2v) is 8.17. The van der Waals surface area contributed by atoms with Crippen molar-refractivity contribution in [3.05, 3.63) is 63.7 Å². The molecule has 0 amide bonds. The van der Waals surface area contributed by atoms with Crippen LogP contribution >= 0.6 is 0 Å². The van der Waals surface area contributed by atoms with Crippen molar-refractivity contribution in [2.24, 2.45) is 5.10 Å². The molecule has 28 heavy (non-hydrogen) atoms. The molecule has 0 atom stereocenters. The third-order valence-electron chi connectivity index (χ3n) is 4.21. The molecule has 2 aromatic carbocycles. The minimum Gasteiger partial charge on any atom is -0.379 e. The third-order valence-corrected chi connectivity index (χ3v) is 6.11. The predicted octanol–water partition coefficient (Wildman–Crippen LogP) is 2.37. The zero-order valence-electron chi connectivity index (χ0n) is 15.2. The van der Waals surface area contributed by atoms with E-state index < -0.39 is 14.9 Å². The Bertz CT molecular complexity index is 1000. The number of nitro groups is 1. The van der Waals surface area contributed by atoms with Crippen LogP contribution in [0.5, 0.6) is 0 Å². The van der Waals surface area contributed by atoms with Gasteiger partial charge in [0.25, 0.3) is 5.69 Å². The topological polar surface area (TPSA) is 114 Å². The van der Waals surface area contributed by atoms with Gasteiger partial charge < -0.3 is 4.74 Å². The van der Waals surface area contributed by atoms with Gasteiger partial charge in [0.05, 0.1) is 29.2 Å². The van der Waals surface area contributed by atoms with Crippen LogP contribution in [-0.4, -0.2) is 50.2 Å². The number of nitrogens with zero attached hydrogens (tertiary/aromatic N) is 3. The number of hydrogen-bond acceptors (Lipinski definition) is 7. The molecule has 1 aliphatic heterocycles. The van der Waals surface area contributed by atoms with E-state index in [0.717, 1.165) is 17.2 Å². The highest BCUT2D eigenvalue weighted by Gasteiger charge is 2.28. The van der Waals surface area contributed by atoms with E-state index in [9.17, 15) is 18.5 Å². The summed E-state index contributed by atoms with van der Waals surface area (Å²) in [5.41, 5.74) is 4.26. The van der Waals surface area contributed by atoms with Gasteiger partial charge in [-0.25, -0.2) is 8.42 Å². The van der Waals surface area contributed by atoms with Gasteiger partial charge in [-0.2, -0.15) is 9.41 Å². The maximum Gasteiger partial charge on any atom is 0.295 e. The molecule has 3 rings (SSSR count). The molecule has 9 nitrogen and oxygen atoms in total. The molecular formula is C18H20N4O5S. The molecule has 1 saturated heterocycles. The van der Waals surface area contributed by atoms with Gasteiger partial charge in [0.2, 0.25) is 10.0 Å². The molecule has 10 heteroatoms. The van der Waals surface area contributed by atoms with Gasteiger partial charge in [0.1, 0.15) is 5.69 Å². The zero-order chi connectivity index (χ0) is 20.1. The second-order valence-electron chi connectivity index (χ2n) is 6.24. The summed E-state index contributed by atoms with van der Waals surface area (Å²) in [6.45, 7) is 2.99. The van der Waals surface area contributed by atoms with Gasteiger partial charge in [-0.1, -0.05) is 29.8 Å². The first-order chi connectivity index (χ1) is 13.4. The number of aryl methyl sites for hydroxylation is 1. The molecule has 1 N–H and O–H groups in total. The first-order valence-corrected chi connectivity index (χ1v) is 10.0. The number of rotatable bonds is 6. The van der Waals surface area contributed by atoms with E-state index in [1.54, 1.807) is 0 Å². The second kappa shape index (κ2) is 8.46. The Balaban J connectivity index is 1.84. The number of morpholine rings is 1. The van der Waals surface area contributed by atoms with E-state index in [-0.39, 0.29) is 29.4 Å². The molecule has 0 unspecified atom stereocenters. The highest BCUT2D eigenvalue weighted by Crippen LogP contribution is 2.29. The molecule has 148 valence electrons. The highest BCUT2D eigenvalue weighted by atomic mass is 32.2. The van der Waals surface area contributed by atoms with Crippen LogP contribution < -0.4 is 5.43 Å². The average molecular weight is 404 g/mol. The average Bonchev–Trinajstić information content (AvgIpc) is 2.68. The Labute approximate surface area is 162 Å². The normalized spacial score (nSPS) is 15.6. The maximum absolute atomic E-state index is 12.7. The molecule has 1 aliphatic rings. The lowest BCUT2D eigenvalue weighted by Crippen LogP contribution is -2.40. The van der Waals surface area contributed by atoms with Crippen molar-refractivity contribution in [2.75, 3.05) is 31.7 Å². The summed E-state index contributed by atoms with van der Waals surface area (Å²) >= 11 is 0. The lowest BCUT2D eigenvalue weighted by Gasteiger charge is -2.26. The monoisotopic (exact) mass is 404 g/mol. The molecule has 0 aromatic heterocycles. The fraction of sp³-hybridized carbons (Fsp3) is 0.278. The van der Waals surface area contributed by atoms with Crippen LogP contribution in [0.25, 0.3) is 0 Å². The van der Waals surface area contributed by atoms with Crippen molar-refractivity contribution in [3.8, 4) is 0 Å². The van der Waals surface area contributed by atoms with Crippen LogP contribution in [0, 0.1) is 17.0 Å². The largest absolute Gasteiger partial charge is 0.379 e. The van der Waals surface area contributed by atoms with Gasteiger partial charge in [-0.15, -0.1) is 0 Å². The number of hydrazone groups is 1. The maximum atomic E-state index is 12.7. The predicted molar refractivity (Wildman–Crippen MR) is 105 cm³/mol. The number of benzene rings is 2. The van der Waals surface area contributed by atoms with Crippen molar-refractivity contribution < 1.29 is 18.1 Å². The first-order valence-electron chi connectivity index (χ1n) is 8.60. The van der Waals surface area contributed by atoms with Crippen molar-refractivity contribution in [3.63, 3.8) is 0 Å². The molecule has 0 radical (unpaired) electrons. The summed E-state index contributed by atoms with van der Waals surface area (Å²) in [6.07, 6.45) is 1.54. The number of nitro benzene ring substituents is 1. The molecule has 1 fully saturated rings. The van der Waals surface area contributed by atoms with Crippen LogP contribution in [0.1, 0.15) is 11.1 Å². The summed E-state index contributed by atoms with van der Waals surface area (Å²) in [6, 6.07) is 11.3. The van der Waals surface area contributed by atoms with Gasteiger partial charge in [-0.3, -0.25) is 15.5 Å². The van der Waals surface area contributed by atoms with E-state index >= 15 is 0 Å². The van der Waals surface area contributed by atoms with Crippen LogP contribution in [0.2, 0.25) is 0 Å². The van der Waals surface area contributed by atoms with Gasteiger partial charge in [0.15, 0.2) is 0 Å². The summed E-state index contributed by atoms with van der Waals surface area (Å²) < 4.78 is 31.8. The van der Waals surface area contributed by atoms with Crippen molar-refractivity contribution in [1.29, 1.82) is 0 Å². The SMILES string of the molecule is Cc1cccc(/C=N/Nc2ccc(S(=O)(=O)N3CCOCC3)cc2[N+](=O)[O-])c1. The van der Waals surface area contributed by atoms with Crippen LogP contribution in [-0.2, 0) is 14.8 Å². The van der Waals surface area contributed by atoms with E-state index in [0.29, 0.717) is 13.2 Å². The third kappa shape index (κ3) is 4.53. The first kappa shape index (κ1) is 19.9. The Morgan fingerprint density at radius 1 is 1.21 bits per heavy atom. The zero-order valence-corrected chi connectivity index (χ0v) is 16.1. The van der Waals surface area contributed by atoms with E-state index in [1.165, 1.54) is 22.7 Å². The Morgan fingerprint density at radius 3 is 2.64 bits per heavy atom. The minimum atomic E-state index is -3.82. The van der Waals surface area contributed by atoms with Crippen LogP contribution in [0.4, 0.5) is 11.4 Å². The lowest BCUT2D eigenvalue weighted by molar-refractivity contribution is -0.384. The van der Waals surface area contributed by atoms with E-state index in [1.807, 2.05) is 31.2 Å². The van der Waals surface area contributed by atoms with E-state index in [2.05, 4.69) is 10.5 Å². The standard InChI is InChI=1S/C18H20N4O5S/c1-14-3-2-4-15(11-14)13-19-20-17-6-5-16(12-18(17)22(23)24)28(25,26)21-7-9-27-10-8-21/h2-6,11-13,20H,7-10H2,1H3/b19-13+. The number of hydrogen-bond donors (Lipinski definition) is 1. The fourth-order valence-electron chi connectivity index (χ4n) is 2.78. The molecule has 2 aromatic rings. The van der Waals surface area contributed by atoms with E-state index in [4.69, 9.17) is 4.74 Å². The Morgan fingerprint density at radius 2 is 1.96 bits per heavy atom. The number of anilines is 1. The number of sulfonamides is 1. The smallest absolute Gasteiger partial charge is 0.295 e. The number of nitrogens with one attached hydrogen (secondary N) is 1. The quantitative estimate of drug-likeness (QED) is 0.449. The van der Waals surface area contributed by atoms with Gasteiger partial charge >= 0.3 is 0 Å². The molecular weight excluding hydrogens is 384 g/mol. The van der Waals surface area contributed by atoms with Gasteiger partial charge in [-0.05, 0) is 24.6 Å². The number of ether oxygens (including phenoxy) is 1. The Hall–Kier alpha value is -2.82. The van der Waals surface area contributed by atoms with Crippen LogP contribution in [0.15, 0.2) is 52.5 Å². The van der Waals surface area contributed by atoms with Crippen molar-refractivity contribution >= 4 is 27.6 Å². The summed E-state index contributed by atoms with van der Waals surface area (Å²) in [5, 5.41) is 15.5. The summed E-state index contributed by atoms with van der Waals surface area (Å²) in [4.78, 5) is 10.7. The minimum absolute atomic E-state index is 0.106. The van der Waals surface area contributed by atoms with Crippen LogP contribution in [0.3, 0.4) is 0 Å². The van der Waals surface area contributed by atoms with Gasteiger partial charge in [0, 0.05) is 19.2 Å². The lowest BCUT2D eigenvalue weighted by atomic mass is 10.2. The molecule has 0 saturated carbocycles. The summed E-state index contributed by atoms with van der Waals surface area (Å²) in [5.74, 6) is 0. The molecule has 0 spiro atoms. The summed E-state index contributed by atoms with van der Waals surface area (Å²) in [7, 11) is -3.82. The molecule has 0 bridgehead atoms.